The Hall–Kier alpha value is -1.86. The summed E-state index contributed by atoms with van der Waals surface area (Å²) in [4.78, 5) is 26.4. The number of amides is 1. The Balaban J connectivity index is 4.10. The molecule has 45 heavy (non-hydrogen) atoms. The summed E-state index contributed by atoms with van der Waals surface area (Å²) in [5.41, 5.74) is 0. The van der Waals surface area contributed by atoms with Crippen molar-refractivity contribution >= 4 is 12.1 Å². The van der Waals surface area contributed by atoms with Gasteiger partial charge in [0.05, 0.1) is 6.54 Å². The van der Waals surface area contributed by atoms with Gasteiger partial charge in [0.2, 0.25) is 0 Å². The van der Waals surface area contributed by atoms with Crippen LogP contribution in [0.2, 0.25) is 0 Å². The Labute approximate surface area is 278 Å². The van der Waals surface area contributed by atoms with Crippen LogP contribution in [0, 0.1) is 0 Å². The number of allylic oxidation sites excluding steroid dienone is 4. The van der Waals surface area contributed by atoms with Crippen molar-refractivity contribution in [1.82, 2.24) is 10.2 Å². The van der Waals surface area contributed by atoms with Gasteiger partial charge in [0.25, 0.3) is 0 Å². The van der Waals surface area contributed by atoms with Crippen LogP contribution in [-0.2, 0) is 19.0 Å². The standard InChI is InChI=1S/C38H72N2O5/c1-5-7-9-11-13-15-17-18-19-20-21-22-24-26-28-30-37(41)45-35-36(34-39-38(42)44-33-31-40(3)4)43-32-29-27-25-23-16-14-12-10-8-6-2/h13,15,18-19,36H,5-12,14,16-17,20-35H2,1-4H3,(H,39,42)/b15-13-,19-18-. The molecule has 0 aliphatic heterocycles. The monoisotopic (exact) mass is 637 g/mol. The first kappa shape index (κ1) is 43.1. The summed E-state index contributed by atoms with van der Waals surface area (Å²) in [5, 5.41) is 2.77. The lowest BCUT2D eigenvalue weighted by Gasteiger charge is -2.19. The van der Waals surface area contributed by atoms with Gasteiger partial charge < -0.3 is 24.4 Å². The highest BCUT2D eigenvalue weighted by molar-refractivity contribution is 5.69. The maximum Gasteiger partial charge on any atom is 0.407 e. The van der Waals surface area contributed by atoms with Crippen molar-refractivity contribution in [3.05, 3.63) is 24.3 Å². The zero-order valence-corrected chi connectivity index (χ0v) is 30.0. The molecule has 0 spiro atoms. The van der Waals surface area contributed by atoms with Gasteiger partial charge in [-0.1, -0.05) is 128 Å². The second kappa shape index (κ2) is 35.0. The van der Waals surface area contributed by atoms with E-state index in [2.05, 4.69) is 43.5 Å². The van der Waals surface area contributed by atoms with Gasteiger partial charge in [0.15, 0.2) is 0 Å². The minimum absolute atomic E-state index is 0.148. The van der Waals surface area contributed by atoms with E-state index in [1.165, 1.54) is 89.9 Å². The Morgan fingerprint density at radius 1 is 0.644 bits per heavy atom. The van der Waals surface area contributed by atoms with E-state index >= 15 is 0 Å². The zero-order chi connectivity index (χ0) is 33.1. The molecular formula is C38H72N2O5. The number of nitrogens with zero attached hydrogens (tertiary/aromatic N) is 1. The molecule has 0 rings (SSSR count). The number of carbonyl (C=O) groups is 2. The fourth-order valence-electron chi connectivity index (χ4n) is 4.91. The molecule has 0 aromatic rings. The fourth-order valence-corrected chi connectivity index (χ4v) is 4.91. The van der Waals surface area contributed by atoms with Crippen LogP contribution in [0.15, 0.2) is 24.3 Å². The molecule has 1 unspecified atom stereocenters. The number of rotatable bonds is 33. The lowest BCUT2D eigenvalue weighted by atomic mass is 10.1. The third-order valence-corrected chi connectivity index (χ3v) is 7.86. The topological polar surface area (TPSA) is 77.1 Å². The minimum Gasteiger partial charge on any atom is -0.463 e. The smallest absolute Gasteiger partial charge is 0.407 e. The van der Waals surface area contributed by atoms with Crippen molar-refractivity contribution < 1.29 is 23.8 Å². The van der Waals surface area contributed by atoms with Gasteiger partial charge >= 0.3 is 12.1 Å². The number of ether oxygens (including phenoxy) is 3. The number of hydrogen-bond donors (Lipinski definition) is 1. The third kappa shape index (κ3) is 34.8. The molecule has 0 saturated heterocycles. The fraction of sp³-hybridized carbons (Fsp3) is 0.842. The Bertz CT molecular complexity index is 710. The average Bonchev–Trinajstić information content (AvgIpc) is 3.02. The molecule has 0 aromatic carbocycles. The lowest BCUT2D eigenvalue weighted by molar-refractivity contribution is -0.148. The summed E-state index contributed by atoms with van der Waals surface area (Å²) in [5.74, 6) is -0.193. The largest absolute Gasteiger partial charge is 0.463 e. The first-order valence-corrected chi connectivity index (χ1v) is 18.6. The molecule has 7 nitrogen and oxygen atoms in total. The van der Waals surface area contributed by atoms with Crippen molar-refractivity contribution in [3.63, 3.8) is 0 Å². The molecule has 1 N–H and O–H groups in total. The molecule has 0 aliphatic rings. The van der Waals surface area contributed by atoms with Crippen molar-refractivity contribution in [2.45, 2.75) is 161 Å². The molecule has 0 fully saturated rings. The summed E-state index contributed by atoms with van der Waals surface area (Å²) in [6, 6.07) is 0. The van der Waals surface area contributed by atoms with Crippen molar-refractivity contribution in [1.29, 1.82) is 0 Å². The highest BCUT2D eigenvalue weighted by atomic mass is 16.6. The lowest BCUT2D eigenvalue weighted by Crippen LogP contribution is -2.38. The van der Waals surface area contributed by atoms with Crippen LogP contribution in [-0.4, -0.2) is 70.1 Å². The highest BCUT2D eigenvalue weighted by Gasteiger charge is 2.15. The Morgan fingerprint density at radius 2 is 1.18 bits per heavy atom. The second-order valence-electron chi connectivity index (χ2n) is 12.7. The molecule has 0 aromatic heterocycles. The SMILES string of the molecule is CCCCC/C=C\C/C=C\CCCCCCCC(=O)OCC(CNC(=O)OCCN(C)C)OCCCCCCCCCCCC. The predicted octanol–water partition coefficient (Wildman–Crippen LogP) is 9.94. The van der Waals surface area contributed by atoms with Crippen LogP contribution in [0.25, 0.3) is 0 Å². The molecule has 0 radical (unpaired) electrons. The van der Waals surface area contributed by atoms with E-state index in [1.807, 2.05) is 19.0 Å². The summed E-state index contributed by atoms with van der Waals surface area (Å²) >= 11 is 0. The summed E-state index contributed by atoms with van der Waals surface area (Å²) in [6.07, 6.45) is 34.1. The first-order valence-electron chi connectivity index (χ1n) is 18.6. The van der Waals surface area contributed by atoms with Crippen LogP contribution in [0.3, 0.4) is 0 Å². The third-order valence-electron chi connectivity index (χ3n) is 7.86. The number of unbranched alkanes of at least 4 members (excludes halogenated alkanes) is 17. The van der Waals surface area contributed by atoms with Crippen molar-refractivity contribution in [2.24, 2.45) is 0 Å². The van der Waals surface area contributed by atoms with Crippen molar-refractivity contribution in [3.8, 4) is 0 Å². The van der Waals surface area contributed by atoms with Crippen LogP contribution < -0.4 is 5.32 Å². The molecule has 1 amide bonds. The normalized spacial score (nSPS) is 12.4. The molecule has 0 saturated carbocycles. The van der Waals surface area contributed by atoms with E-state index in [4.69, 9.17) is 14.2 Å². The average molecular weight is 637 g/mol. The molecule has 7 heteroatoms. The van der Waals surface area contributed by atoms with E-state index in [-0.39, 0.29) is 25.2 Å². The summed E-state index contributed by atoms with van der Waals surface area (Å²) in [7, 11) is 3.87. The summed E-state index contributed by atoms with van der Waals surface area (Å²) < 4.78 is 16.8. The Kier molecular flexibility index (Phi) is 33.6. The number of alkyl carbamates (subject to hydrolysis) is 1. The zero-order valence-electron chi connectivity index (χ0n) is 30.0. The van der Waals surface area contributed by atoms with Gasteiger partial charge in [-0.3, -0.25) is 4.79 Å². The second-order valence-corrected chi connectivity index (χ2v) is 12.7. The van der Waals surface area contributed by atoms with E-state index in [0.29, 0.717) is 26.2 Å². The quantitative estimate of drug-likeness (QED) is 0.0439. The van der Waals surface area contributed by atoms with Crippen LogP contribution in [0.5, 0.6) is 0 Å². The van der Waals surface area contributed by atoms with E-state index in [0.717, 1.165) is 44.9 Å². The van der Waals surface area contributed by atoms with Gasteiger partial charge in [-0.05, 0) is 59.0 Å². The molecule has 0 heterocycles. The molecule has 264 valence electrons. The predicted molar refractivity (Wildman–Crippen MR) is 190 cm³/mol. The Morgan fingerprint density at radius 3 is 1.80 bits per heavy atom. The number of esters is 1. The number of hydrogen-bond acceptors (Lipinski definition) is 6. The van der Waals surface area contributed by atoms with E-state index < -0.39 is 6.09 Å². The van der Waals surface area contributed by atoms with Crippen LogP contribution >= 0.6 is 0 Å². The van der Waals surface area contributed by atoms with E-state index in [9.17, 15) is 9.59 Å². The van der Waals surface area contributed by atoms with Crippen LogP contribution in [0.4, 0.5) is 4.79 Å². The maximum atomic E-state index is 12.4. The molecular weight excluding hydrogens is 564 g/mol. The number of likely N-dealkylation sites (N-methyl/N-ethyl adjacent to an activating group) is 1. The van der Waals surface area contributed by atoms with Gasteiger partial charge in [-0.2, -0.15) is 0 Å². The molecule has 0 bridgehead atoms. The van der Waals surface area contributed by atoms with Gasteiger partial charge in [0.1, 0.15) is 19.3 Å². The van der Waals surface area contributed by atoms with Gasteiger partial charge in [0, 0.05) is 19.6 Å². The number of nitrogens with one attached hydrogen (secondary N) is 1. The minimum atomic E-state index is -0.471. The highest BCUT2D eigenvalue weighted by Crippen LogP contribution is 2.12. The number of carbonyl (C=O) groups excluding carboxylic acids is 2. The first-order chi connectivity index (χ1) is 22.0. The molecule has 0 aliphatic carbocycles. The van der Waals surface area contributed by atoms with E-state index in [1.54, 1.807) is 0 Å². The van der Waals surface area contributed by atoms with Gasteiger partial charge in [-0.25, -0.2) is 4.79 Å². The molecule has 1 atom stereocenters. The summed E-state index contributed by atoms with van der Waals surface area (Å²) in [6.45, 7) is 6.49. The maximum absolute atomic E-state index is 12.4. The van der Waals surface area contributed by atoms with Crippen molar-refractivity contribution in [2.75, 3.05) is 47.0 Å². The van der Waals surface area contributed by atoms with Crippen LogP contribution in [0.1, 0.15) is 155 Å². The van der Waals surface area contributed by atoms with Gasteiger partial charge in [-0.15, -0.1) is 0 Å².